The molecule has 10 heavy (non-hydrogen) atoms. The van der Waals surface area contributed by atoms with Crippen LogP contribution in [0.3, 0.4) is 0 Å². The van der Waals surface area contributed by atoms with Gasteiger partial charge in [-0.3, -0.25) is 0 Å². The van der Waals surface area contributed by atoms with Crippen LogP contribution in [0.15, 0.2) is 0 Å². The molecule has 1 rings (SSSR count). The normalized spacial score (nSPS) is 26.7. The second-order valence-corrected chi connectivity index (χ2v) is 2.72. The van der Waals surface area contributed by atoms with Gasteiger partial charge in [0.25, 0.3) is 0 Å². The van der Waals surface area contributed by atoms with Crippen LogP contribution in [0.4, 0.5) is 0 Å². The van der Waals surface area contributed by atoms with Crippen molar-refractivity contribution < 1.29 is 17.2 Å². The summed E-state index contributed by atoms with van der Waals surface area (Å²) in [6.07, 6.45) is -0.0828. The molecule has 0 radical (unpaired) electrons. The average molecular weight is 210 g/mol. The maximum atomic E-state index is 10.6. The van der Waals surface area contributed by atoms with Crippen molar-refractivity contribution in [3.05, 3.63) is 0 Å². The first-order valence-corrected chi connectivity index (χ1v) is 3.93. The Morgan fingerprint density at radius 2 is 2.20 bits per heavy atom. The van der Waals surface area contributed by atoms with Gasteiger partial charge in [-0.2, -0.15) is 0 Å². The zero-order valence-corrected chi connectivity index (χ0v) is 6.62. The van der Waals surface area contributed by atoms with Crippen molar-refractivity contribution in [2.45, 2.75) is 12.5 Å². The van der Waals surface area contributed by atoms with E-state index in [2.05, 4.69) is 7.64 Å². The second-order valence-electron chi connectivity index (χ2n) is 1.74. The standard InChI is InChI=1S/C4H5NO4Se/c5-2-1-3(6)8-10-9-4(2)7/h2H,1,5H2/t2-/m0/s1. The topological polar surface area (TPSA) is 78.6 Å². The van der Waals surface area contributed by atoms with Crippen LogP contribution in [0, 0.1) is 0 Å². The molecule has 0 aliphatic carbocycles. The third-order valence-corrected chi connectivity index (χ3v) is 1.95. The molecule has 1 heterocycles. The third kappa shape index (κ3) is 1.70. The molecule has 1 aliphatic rings. The molecule has 0 unspecified atom stereocenters. The fourth-order valence-electron chi connectivity index (χ4n) is 0.447. The van der Waals surface area contributed by atoms with Gasteiger partial charge in [-0.1, -0.05) is 0 Å². The molecule has 0 bridgehead atoms. The molecule has 2 N–H and O–H groups in total. The second kappa shape index (κ2) is 3.00. The molecule has 0 aromatic carbocycles. The number of carbonyl (C=O) groups is 2. The first-order valence-electron chi connectivity index (χ1n) is 2.53. The van der Waals surface area contributed by atoms with Gasteiger partial charge in [0, 0.05) is 0 Å². The minimum atomic E-state index is -0.850. The Hall–Kier alpha value is -0.581. The Labute approximate surface area is 63.7 Å². The summed E-state index contributed by atoms with van der Waals surface area (Å²) in [5.41, 5.74) is 5.20. The van der Waals surface area contributed by atoms with Crippen LogP contribution in [0.5, 0.6) is 0 Å². The van der Waals surface area contributed by atoms with Crippen LogP contribution in [-0.4, -0.2) is 33.6 Å². The van der Waals surface area contributed by atoms with Gasteiger partial charge in [-0.25, -0.2) is 0 Å². The minimum absolute atomic E-state index is 0.0828. The van der Waals surface area contributed by atoms with Gasteiger partial charge in [-0.15, -0.1) is 0 Å². The molecule has 1 fully saturated rings. The van der Waals surface area contributed by atoms with Crippen molar-refractivity contribution in [3.63, 3.8) is 0 Å². The Balaban J connectivity index is 2.57. The SMILES string of the molecule is N[C@H]1CC(=O)O[Se]OC1=O. The number of hydrogen-bond acceptors (Lipinski definition) is 5. The van der Waals surface area contributed by atoms with Crippen LogP contribution in [0.2, 0.25) is 0 Å². The molecule has 1 aliphatic heterocycles. The summed E-state index contributed by atoms with van der Waals surface area (Å²) in [6.45, 7) is 0. The summed E-state index contributed by atoms with van der Waals surface area (Å²) in [5, 5.41) is 0. The van der Waals surface area contributed by atoms with Gasteiger partial charge in [0.15, 0.2) is 0 Å². The van der Waals surface area contributed by atoms with Gasteiger partial charge >= 0.3 is 63.0 Å². The number of hydrogen-bond donors (Lipinski definition) is 1. The van der Waals surface area contributed by atoms with E-state index in [1.807, 2.05) is 0 Å². The molecule has 56 valence electrons. The number of rotatable bonds is 0. The Bertz CT molecular complexity index is 171. The van der Waals surface area contributed by atoms with E-state index in [-0.39, 0.29) is 6.42 Å². The average Bonchev–Trinajstić information content (AvgIpc) is 1.96. The zero-order valence-electron chi connectivity index (χ0n) is 4.90. The van der Waals surface area contributed by atoms with Crippen LogP contribution in [-0.2, 0) is 17.2 Å². The molecule has 0 aromatic rings. The van der Waals surface area contributed by atoms with E-state index in [1.165, 1.54) is 0 Å². The summed E-state index contributed by atoms with van der Waals surface area (Å²) in [7, 11) is 0. The maximum absolute atomic E-state index is 10.6. The summed E-state index contributed by atoms with van der Waals surface area (Å²) < 4.78 is 8.89. The van der Waals surface area contributed by atoms with E-state index in [4.69, 9.17) is 5.73 Å². The van der Waals surface area contributed by atoms with Gasteiger partial charge in [0.1, 0.15) is 0 Å². The van der Waals surface area contributed by atoms with Crippen molar-refractivity contribution in [3.8, 4) is 0 Å². The molecule has 0 saturated carbocycles. The van der Waals surface area contributed by atoms with Crippen molar-refractivity contribution in [2.75, 3.05) is 0 Å². The Morgan fingerprint density at radius 1 is 1.50 bits per heavy atom. The van der Waals surface area contributed by atoms with E-state index in [9.17, 15) is 9.59 Å². The van der Waals surface area contributed by atoms with E-state index in [0.29, 0.717) is 0 Å². The quantitative estimate of drug-likeness (QED) is 0.484. The van der Waals surface area contributed by atoms with Crippen molar-refractivity contribution in [1.82, 2.24) is 0 Å². The molecule has 6 heteroatoms. The molecule has 0 amide bonds. The van der Waals surface area contributed by atoms with E-state index in [0.717, 1.165) is 0 Å². The van der Waals surface area contributed by atoms with Crippen LogP contribution in [0.25, 0.3) is 0 Å². The van der Waals surface area contributed by atoms with E-state index >= 15 is 0 Å². The fourth-order valence-corrected chi connectivity index (χ4v) is 1.22. The number of carbonyl (C=O) groups excluding carboxylic acids is 2. The van der Waals surface area contributed by atoms with Crippen LogP contribution in [0.1, 0.15) is 6.42 Å². The predicted octanol–water partition coefficient (Wildman–Crippen LogP) is -1.66. The first kappa shape index (κ1) is 7.53. The molecule has 5 nitrogen and oxygen atoms in total. The summed E-state index contributed by atoms with van der Waals surface area (Å²) in [6, 6.07) is -0.850. The monoisotopic (exact) mass is 211 g/mol. The fraction of sp³-hybridized carbons (Fsp3) is 0.500. The Morgan fingerprint density at radius 3 is 2.90 bits per heavy atom. The van der Waals surface area contributed by atoms with E-state index in [1.54, 1.807) is 0 Å². The molecule has 0 aromatic heterocycles. The third-order valence-electron chi connectivity index (χ3n) is 0.932. The number of nitrogens with two attached hydrogens (primary N) is 1. The van der Waals surface area contributed by atoms with E-state index < -0.39 is 33.6 Å². The molecular formula is C4H5NO4Se. The molecule has 1 saturated heterocycles. The van der Waals surface area contributed by atoms with Crippen molar-refractivity contribution >= 4 is 27.6 Å². The predicted molar refractivity (Wildman–Crippen MR) is 30.5 cm³/mol. The van der Waals surface area contributed by atoms with Gasteiger partial charge in [-0.05, 0) is 0 Å². The zero-order chi connectivity index (χ0) is 7.56. The van der Waals surface area contributed by atoms with Crippen molar-refractivity contribution in [2.24, 2.45) is 5.73 Å². The van der Waals surface area contributed by atoms with Crippen LogP contribution >= 0.6 is 0 Å². The summed E-state index contributed by atoms with van der Waals surface area (Å²) in [5.74, 6) is -1.04. The first-order chi connectivity index (χ1) is 4.70. The molecule has 1 atom stereocenters. The van der Waals surface area contributed by atoms with Gasteiger partial charge in [0.2, 0.25) is 0 Å². The summed E-state index contributed by atoms with van der Waals surface area (Å²) in [4.78, 5) is 21.1. The van der Waals surface area contributed by atoms with Gasteiger partial charge in [0.05, 0.1) is 0 Å². The summed E-state index contributed by atoms with van der Waals surface area (Å²) >= 11 is -0.817. The Kier molecular flexibility index (Phi) is 2.26. The van der Waals surface area contributed by atoms with Crippen molar-refractivity contribution in [1.29, 1.82) is 0 Å². The molecule has 0 spiro atoms. The molecular weight excluding hydrogens is 205 g/mol. The van der Waals surface area contributed by atoms with Crippen LogP contribution < -0.4 is 5.73 Å². The van der Waals surface area contributed by atoms with Gasteiger partial charge < -0.3 is 0 Å².